The van der Waals surface area contributed by atoms with Gasteiger partial charge < -0.3 is 10.5 Å². The molecule has 0 aliphatic carbocycles. The second-order valence-electron chi connectivity index (χ2n) is 4.24. The first-order valence-corrected chi connectivity index (χ1v) is 7.61. The van der Waals surface area contributed by atoms with E-state index in [-0.39, 0.29) is 29.5 Å². The lowest BCUT2D eigenvalue weighted by atomic mass is 10.1. The van der Waals surface area contributed by atoms with Gasteiger partial charge in [-0.1, -0.05) is 26.1 Å². The van der Waals surface area contributed by atoms with Crippen LogP contribution >= 0.6 is 12.2 Å². The number of esters is 1. The fourth-order valence-corrected chi connectivity index (χ4v) is 3.12. The molecule has 0 heterocycles. The third kappa shape index (κ3) is 6.87. The van der Waals surface area contributed by atoms with Gasteiger partial charge in [0.1, 0.15) is 0 Å². The summed E-state index contributed by atoms with van der Waals surface area (Å²) in [5.74, 6) is -0.619. The lowest BCUT2D eigenvalue weighted by molar-refractivity contribution is -0.140. The lowest BCUT2D eigenvalue weighted by Crippen LogP contribution is -2.47. The van der Waals surface area contributed by atoms with Crippen LogP contribution in [-0.4, -0.2) is 38.3 Å². The zero-order chi connectivity index (χ0) is 14.3. The van der Waals surface area contributed by atoms with Crippen molar-refractivity contribution in [2.45, 2.75) is 32.7 Å². The molecule has 1 unspecified atom stereocenters. The number of hydrogen-bond donors (Lipinski definition) is 2. The van der Waals surface area contributed by atoms with Crippen LogP contribution in [0.3, 0.4) is 0 Å². The highest BCUT2D eigenvalue weighted by atomic mass is 32.2. The van der Waals surface area contributed by atoms with E-state index in [9.17, 15) is 13.2 Å². The van der Waals surface area contributed by atoms with Crippen molar-refractivity contribution in [3.63, 3.8) is 0 Å². The summed E-state index contributed by atoms with van der Waals surface area (Å²) in [5.41, 5.74) is 5.47. The molecule has 0 saturated carbocycles. The van der Waals surface area contributed by atoms with Crippen molar-refractivity contribution in [2.24, 2.45) is 11.7 Å². The molecule has 106 valence electrons. The van der Waals surface area contributed by atoms with Gasteiger partial charge in [-0.3, -0.25) is 4.79 Å². The summed E-state index contributed by atoms with van der Waals surface area (Å²) in [4.78, 5) is 11.0. The molecule has 0 rings (SSSR count). The molecule has 0 aliphatic rings. The van der Waals surface area contributed by atoms with Crippen molar-refractivity contribution in [2.75, 3.05) is 12.9 Å². The zero-order valence-electron chi connectivity index (χ0n) is 10.8. The minimum Gasteiger partial charge on any atom is -0.469 e. The molecule has 6 nitrogen and oxygen atoms in total. The zero-order valence-corrected chi connectivity index (χ0v) is 12.4. The first-order valence-electron chi connectivity index (χ1n) is 5.55. The van der Waals surface area contributed by atoms with Crippen molar-refractivity contribution >= 4 is 33.2 Å². The standard InChI is InChI=1S/C10H20N2O4S2/c1-7(2)9(10(11)17)12-18(14,15)6-4-5-8(13)16-3/h7,9,12H,4-6H2,1-3H3,(H2,11,17). The number of rotatable bonds is 8. The predicted octanol–water partition coefficient (Wildman–Crippen LogP) is 0.170. The van der Waals surface area contributed by atoms with Crippen molar-refractivity contribution in [3.8, 4) is 0 Å². The third-order valence-corrected chi connectivity index (χ3v) is 3.99. The van der Waals surface area contributed by atoms with Gasteiger partial charge in [-0.05, 0) is 12.3 Å². The van der Waals surface area contributed by atoms with Gasteiger partial charge in [0.25, 0.3) is 0 Å². The van der Waals surface area contributed by atoms with Crippen LogP contribution in [0.15, 0.2) is 0 Å². The molecule has 18 heavy (non-hydrogen) atoms. The molecular weight excluding hydrogens is 276 g/mol. The van der Waals surface area contributed by atoms with Crippen LogP contribution in [0.25, 0.3) is 0 Å². The van der Waals surface area contributed by atoms with Gasteiger partial charge in [0.15, 0.2) is 0 Å². The SMILES string of the molecule is COC(=O)CCCS(=O)(=O)NC(C(N)=S)C(C)C. The highest BCUT2D eigenvalue weighted by Crippen LogP contribution is 2.05. The molecule has 3 N–H and O–H groups in total. The van der Waals surface area contributed by atoms with Crippen LogP contribution in [0, 0.1) is 5.92 Å². The highest BCUT2D eigenvalue weighted by Gasteiger charge is 2.22. The molecule has 0 saturated heterocycles. The molecular formula is C10H20N2O4S2. The van der Waals surface area contributed by atoms with Crippen molar-refractivity contribution in [1.82, 2.24) is 4.72 Å². The number of ether oxygens (including phenoxy) is 1. The molecule has 0 amide bonds. The molecule has 0 fully saturated rings. The smallest absolute Gasteiger partial charge is 0.305 e. The van der Waals surface area contributed by atoms with Gasteiger partial charge >= 0.3 is 5.97 Å². The van der Waals surface area contributed by atoms with Crippen LogP contribution in [0.4, 0.5) is 0 Å². The maximum Gasteiger partial charge on any atom is 0.305 e. The van der Waals surface area contributed by atoms with Crippen molar-refractivity contribution in [3.05, 3.63) is 0 Å². The van der Waals surface area contributed by atoms with Gasteiger partial charge in [-0.2, -0.15) is 0 Å². The van der Waals surface area contributed by atoms with E-state index in [4.69, 9.17) is 18.0 Å². The Labute approximate surface area is 113 Å². The van der Waals surface area contributed by atoms with E-state index in [0.29, 0.717) is 0 Å². The first-order chi connectivity index (χ1) is 8.19. The molecule has 0 aromatic heterocycles. The van der Waals surface area contributed by atoms with E-state index >= 15 is 0 Å². The van der Waals surface area contributed by atoms with Gasteiger partial charge in [0, 0.05) is 6.42 Å². The Morgan fingerprint density at radius 3 is 2.39 bits per heavy atom. The number of nitrogens with one attached hydrogen (secondary N) is 1. The predicted molar refractivity (Wildman–Crippen MR) is 73.6 cm³/mol. The number of carbonyl (C=O) groups is 1. The summed E-state index contributed by atoms with van der Waals surface area (Å²) < 4.78 is 30.3. The summed E-state index contributed by atoms with van der Waals surface area (Å²) in [6.07, 6.45) is 0.265. The summed E-state index contributed by atoms with van der Waals surface area (Å²) in [5, 5.41) is 0. The Morgan fingerprint density at radius 1 is 1.44 bits per heavy atom. The molecule has 0 bridgehead atoms. The fraction of sp³-hybridized carbons (Fsp3) is 0.800. The number of carbonyl (C=O) groups excluding carboxylic acids is 1. The van der Waals surface area contributed by atoms with E-state index in [1.165, 1.54) is 7.11 Å². The van der Waals surface area contributed by atoms with Gasteiger partial charge in [0.05, 0.1) is 23.9 Å². The second kappa shape index (κ2) is 7.65. The molecule has 0 aliphatic heterocycles. The van der Waals surface area contributed by atoms with E-state index in [0.717, 1.165) is 0 Å². The maximum absolute atomic E-state index is 11.7. The Kier molecular flexibility index (Phi) is 7.34. The average Bonchev–Trinajstić information content (AvgIpc) is 2.24. The fourth-order valence-electron chi connectivity index (χ4n) is 1.28. The number of thiocarbonyl (C=S) groups is 1. The van der Waals surface area contributed by atoms with E-state index in [1.54, 1.807) is 0 Å². The van der Waals surface area contributed by atoms with Crippen LogP contribution in [0.1, 0.15) is 26.7 Å². The first kappa shape index (κ1) is 17.3. The number of methoxy groups -OCH3 is 1. The second-order valence-corrected chi connectivity index (χ2v) is 6.59. The lowest BCUT2D eigenvalue weighted by Gasteiger charge is -2.20. The topological polar surface area (TPSA) is 98.5 Å². The van der Waals surface area contributed by atoms with Crippen LogP contribution in [0.5, 0.6) is 0 Å². The van der Waals surface area contributed by atoms with E-state index < -0.39 is 22.0 Å². The molecule has 8 heteroatoms. The summed E-state index contributed by atoms with van der Waals surface area (Å²) in [6.45, 7) is 3.64. The van der Waals surface area contributed by atoms with Crippen LogP contribution < -0.4 is 10.5 Å². The van der Waals surface area contributed by atoms with Crippen LogP contribution in [0.2, 0.25) is 0 Å². The molecule has 1 atom stereocenters. The molecule has 0 aromatic rings. The Morgan fingerprint density at radius 2 is 2.00 bits per heavy atom. The largest absolute Gasteiger partial charge is 0.469 e. The maximum atomic E-state index is 11.7. The normalized spacial score (nSPS) is 13.3. The molecule has 0 spiro atoms. The number of nitrogens with two attached hydrogens (primary N) is 1. The summed E-state index contributed by atoms with van der Waals surface area (Å²) >= 11 is 4.81. The highest BCUT2D eigenvalue weighted by molar-refractivity contribution is 7.89. The molecule has 0 radical (unpaired) electrons. The van der Waals surface area contributed by atoms with Crippen LogP contribution in [-0.2, 0) is 19.6 Å². The van der Waals surface area contributed by atoms with Gasteiger partial charge in [-0.25, -0.2) is 13.1 Å². The summed E-state index contributed by atoms with van der Waals surface area (Å²) in [6, 6.07) is -0.567. The third-order valence-electron chi connectivity index (χ3n) is 2.30. The van der Waals surface area contributed by atoms with Gasteiger partial charge in [-0.15, -0.1) is 0 Å². The van der Waals surface area contributed by atoms with Crippen molar-refractivity contribution in [1.29, 1.82) is 0 Å². The minimum absolute atomic E-state index is 0.0297. The summed E-state index contributed by atoms with van der Waals surface area (Å²) in [7, 11) is -2.24. The Bertz CT molecular complexity index is 393. The average molecular weight is 296 g/mol. The molecule has 0 aromatic carbocycles. The van der Waals surface area contributed by atoms with E-state index in [1.807, 2.05) is 13.8 Å². The Balaban J connectivity index is 4.38. The Hall–Kier alpha value is -0.730. The van der Waals surface area contributed by atoms with Gasteiger partial charge in [0.2, 0.25) is 10.0 Å². The van der Waals surface area contributed by atoms with E-state index in [2.05, 4.69) is 9.46 Å². The number of hydrogen-bond acceptors (Lipinski definition) is 5. The van der Waals surface area contributed by atoms with Crippen molar-refractivity contribution < 1.29 is 17.9 Å². The number of sulfonamides is 1. The quantitative estimate of drug-likeness (QED) is 0.489. The minimum atomic E-state index is -3.50. The monoisotopic (exact) mass is 296 g/mol.